The first kappa shape index (κ1) is 9.78. The van der Waals surface area contributed by atoms with Crippen LogP contribution in [0.15, 0.2) is 12.2 Å². The highest BCUT2D eigenvalue weighted by Gasteiger charge is 2.51. The highest BCUT2D eigenvalue weighted by Crippen LogP contribution is 2.33. The number of rotatable bonds is 2. The second-order valence-corrected chi connectivity index (χ2v) is 3.15. The van der Waals surface area contributed by atoms with Crippen molar-refractivity contribution in [2.75, 3.05) is 0 Å². The highest BCUT2D eigenvalue weighted by molar-refractivity contribution is 5.59. The predicted octanol–water partition coefficient (Wildman–Crippen LogP) is 0.450. The van der Waals surface area contributed by atoms with Crippen LogP contribution in [0, 0.1) is 0 Å². The van der Waals surface area contributed by atoms with Crippen molar-refractivity contribution in [1.82, 2.24) is 0 Å². The van der Waals surface area contributed by atoms with Crippen LogP contribution in [-0.4, -0.2) is 46.9 Å². The van der Waals surface area contributed by atoms with Crippen molar-refractivity contribution < 1.29 is 34.0 Å². The third kappa shape index (κ3) is 1.73. The topological polar surface area (TPSA) is 102 Å². The Balaban J connectivity index is 2.09. The van der Waals surface area contributed by atoms with Crippen LogP contribution in [-0.2, 0) is 14.2 Å². The predicted molar refractivity (Wildman–Crippen MR) is 43.6 cm³/mol. The molecule has 2 aliphatic heterocycles. The lowest BCUT2D eigenvalue weighted by atomic mass is 10.0. The van der Waals surface area contributed by atoms with Crippen molar-refractivity contribution in [3.63, 3.8) is 0 Å². The summed E-state index contributed by atoms with van der Waals surface area (Å²) < 4.78 is 14.2. The van der Waals surface area contributed by atoms with Gasteiger partial charge in [-0.05, 0) is 0 Å². The summed E-state index contributed by atoms with van der Waals surface area (Å²) in [6, 6.07) is 0. The van der Waals surface area contributed by atoms with E-state index >= 15 is 0 Å². The molecule has 0 aromatic heterocycles. The first-order valence-corrected chi connectivity index (χ1v) is 4.21. The molecule has 0 aromatic rings. The zero-order chi connectivity index (χ0) is 11.0. The average Bonchev–Trinajstić information content (AvgIpc) is 2.67. The molecule has 15 heavy (non-hydrogen) atoms. The molecule has 2 rings (SSSR count). The maximum absolute atomic E-state index is 10.4. The molecule has 0 radical (unpaired) electrons. The second kappa shape index (κ2) is 3.43. The minimum Gasteiger partial charge on any atom is -0.450 e. The fourth-order valence-electron chi connectivity index (χ4n) is 1.74. The van der Waals surface area contributed by atoms with Gasteiger partial charge in [0.2, 0.25) is 0 Å². The largest absolute Gasteiger partial charge is 0.506 e. The molecule has 0 aromatic carbocycles. The third-order valence-corrected chi connectivity index (χ3v) is 2.25. The van der Waals surface area contributed by atoms with Gasteiger partial charge in [0.1, 0.15) is 12.2 Å². The summed E-state index contributed by atoms with van der Waals surface area (Å²) in [6.45, 7) is 0. The Kier molecular flexibility index (Phi) is 2.24. The van der Waals surface area contributed by atoms with Gasteiger partial charge in [-0.1, -0.05) is 12.2 Å². The van der Waals surface area contributed by atoms with E-state index in [0.29, 0.717) is 0 Å². The number of fused-ring (bicyclic) bond motifs is 2. The summed E-state index contributed by atoms with van der Waals surface area (Å²) in [5, 5.41) is 16.9. The Morgan fingerprint density at radius 2 is 1.40 bits per heavy atom. The maximum atomic E-state index is 10.4. The average molecular weight is 216 g/mol. The Morgan fingerprint density at radius 3 is 1.73 bits per heavy atom. The van der Waals surface area contributed by atoms with E-state index in [0.717, 1.165) is 0 Å². The van der Waals surface area contributed by atoms with E-state index in [-0.39, 0.29) is 0 Å². The SMILES string of the molecule is O=C(O)O[C@H]1[C@H](OC(=O)O)[C@H]2C=C[C@H]1O2. The monoisotopic (exact) mass is 216 g/mol. The minimum atomic E-state index is -1.48. The summed E-state index contributed by atoms with van der Waals surface area (Å²) in [7, 11) is 0. The molecule has 0 spiro atoms. The van der Waals surface area contributed by atoms with Gasteiger partial charge in [0.15, 0.2) is 12.2 Å². The summed E-state index contributed by atoms with van der Waals surface area (Å²) in [5.74, 6) is 0. The van der Waals surface area contributed by atoms with Gasteiger partial charge < -0.3 is 24.4 Å². The molecule has 2 heterocycles. The lowest BCUT2D eigenvalue weighted by molar-refractivity contribution is -0.0302. The number of ether oxygens (including phenoxy) is 3. The molecule has 7 nitrogen and oxygen atoms in total. The summed E-state index contributed by atoms with van der Waals surface area (Å²) in [5.41, 5.74) is 0. The van der Waals surface area contributed by atoms with Crippen molar-refractivity contribution in [3.8, 4) is 0 Å². The summed E-state index contributed by atoms with van der Waals surface area (Å²) in [6.07, 6.45) is -2.68. The fraction of sp³-hybridized carbons (Fsp3) is 0.500. The van der Waals surface area contributed by atoms with E-state index in [1.165, 1.54) is 0 Å². The molecular weight excluding hydrogens is 208 g/mol. The van der Waals surface area contributed by atoms with Gasteiger partial charge in [0.05, 0.1) is 0 Å². The van der Waals surface area contributed by atoms with Gasteiger partial charge in [-0.2, -0.15) is 0 Å². The molecule has 4 atom stereocenters. The standard InChI is InChI=1S/C8H8O7/c9-7(10)14-5-3-1-2-4(13-3)6(5)15-8(11)12/h1-6H,(H,9,10)(H,11,12)/t3-,4-,5-,6-/m1/s1. The van der Waals surface area contributed by atoms with Crippen LogP contribution in [0.1, 0.15) is 0 Å². The summed E-state index contributed by atoms with van der Waals surface area (Å²) >= 11 is 0. The molecular formula is C8H8O7. The van der Waals surface area contributed by atoms with E-state index in [1.807, 2.05) is 0 Å². The highest BCUT2D eigenvalue weighted by atomic mass is 16.7. The van der Waals surface area contributed by atoms with Gasteiger partial charge in [0, 0.05) is 0 Å². The quantitative estimate of drug-likeness (QED) is 0.510. The van der Waals surface area contributed by atoms with Crippen LogP contribution >= 0.6 is 0 Å². The molecule has 1 saturated heterocycles. The van der Waals surface area contributed by atoms with Crippen LogP contribution in [0.2, 0.25) is 0 Å². The van der Waals surface area contributed by atoms with E-state index < -0.39 is 36.7 Å². The van der Waals surface area contributed by atoms with E-state index in [1.54, 1.807) is 12.2 Å². The Labute approximate surface area is 83.8 Å². The molecule has 1 fully saturated rings. The summed E-state index contributed by atoms with van der Waals surface area (Å²) in [4.78, 5) is 20.7. The molecule has 0 saturated carbocycles. The molecule has 0 amide bonds. The lowest BCUT2D eigenvalue weighted by Crippen LogP contribution is -2.41. The minimum absolute atomic E-state index is 0.560. The van der Waals surface area contributed by atoms with E-state index in [2.05, 4.69) is 9.47 Å². The van der Waals surface area contributed by atoms with Crippen molar-refractivity contribution in [2.24, 2.45) is 0 Å². The van der Waals surface area contributed by atoms with Crippen molar-refractivity contribution in [3.05, 3.63) is 12.2 Å². The number of carbonyl (C=O) groups is 2. The van der Waals surface area contributed by atoms with Gasteiger partial charge in [-0.25, -0.2) is 9.59 Å². The van der Waals surface area contributed by atoms with E-state index in [4.69, 9.17) is 14.9 Å². The van der Waals surface area contributed by atoms with Crippen LogP contribution in [0.3, 0.4) is 0 Å². The molecule has 0 aliphatic carbocycles. The molecule has 7 heteroatoms. The van der Waals surface area contributed by atoms with E-state index in [9.17, 15) is 9.59 Å². The van der Waals surface area contributed by atoms with Gasteiger partial charge in [-0.3, -0.25) is 0 Å². The Morgan fingerprint density at radius 1 is 1.00 bits per heavy atom. The maximum Gasteiger partial charge on any atom is 0.506 e. The normalized spacial score (nSPS) is 36.5. The zero-order valence-corrected chi connectivity index (χ0v) is 7.40. The molecule has 0 unspecified atom stereocenters. The van der Waals surface area contributed by atoms with Crippen LogP contribution in [0.5, 0.6) is 0 Å². The first-order valence-electron chi connectivity index (χ1n) is 4.21. The van der Waals surface area contributed by atoms with Crippen molar-refractivity contribution >= 4 is 12.3 Å². The molecule has 2 aliphatic rings. The Bertz CT molecular complexity index is 293. The molecule has 2 bridgehead atoms. The van der Waals surface area contributed by atoms with Crippen LogP contribution in [0.4, 0.5) is 9.59 Å². The zero-order valence-electron chi connectivity index (χ0n) is 7.40. The van der Waals surface area contributed by atoms with Gasteiger partial charge in [-0.15, -0.1) is 0 Å². The van der Waals surface area contributed by atoms with Crippen LogP contribution < -0.4 is 0 Å². The van der Waals surface area contributed by atoms with Crippen molar-refractivity contribution in [2.45, 2.75) is 24.4 Å². The fourth-order valence-corrected chi connectivity index (χ4v) is 1.74. The molecule has 82 valence electrons. The first-order chi connectivity index (χ1) is 7.08. The second-order valence-electron chi connectivity index (χ2n) is 3.15. The number of hydrogen-bond acceptors (Lipinski definition) is 5. The van der Waals surface area contributed by atoms with Crippen LogP contribution in [0.25, 0.3) is 0 Å². The Hall–Kier alpha value is -1.76. The smallest absolute Gasteiger partial charge is 0.450 e. The van der Waals surface area contributed by atoms with Gasteiger partial charge in [0.25, 0.3) is 0 Å². The number of carboxylic acid groups (broad SMARTS) is 2. The van der Waals surface area contributed by atoms with Crippen molar-refractivity contribution in [1.29, 1.82) is 0 Å². The number of hydrogen-bond donors (Lipinski definition) is 2. The van der Waals surface area contributed by atoms with Gasteiger partial charge >= 0.3 is 12.3 Å². The lowest BCUT2D eigenvalue weighted by Gasteiger charge is -2.22. The third-order valence-electron chi connectivity index (χ3n) is 2.25. The molecule has 2 N–H and O–H groups in total.